The lowest BCUT2D eigenvalue weighted by atomic mass is 10.00. The van der Waals surface area contributed by atoms with Crippen LogP contribution in [0.1, 0.15) is 219 Å². The zero-order valence-corrected chi connectivity index (χ0v) is 38.6. The standard InChI is InChI=1S/C47H88O12S/c1-3-5-7-9-11-13-15-16-17-18-19-20-21-22-23-24-26-27-29-31-33-35-42(48)56-37-40(58-43(49)36-34-32-30-28-25-14-12-10-8-6-4-2)38-57-47-46(52)45(51)44(50)41(59-47)39-60(53,54)55/h10,12,40-41,44-47,50-52H,3-9,11,13-39H2,1-2H3,(H,53,54,55)/b12-10-. The highest BCUT2D eigenvalue weighted by atomic mass is 32.2. The molecule has 0 spiro atoms. The van der Waals surface area contributed by atoms with Gasteiger partial charge in [-0.15, -0.1) is 0 Å². The molecule has 12 nitrogen and oxygen atoms in total. The van der Waals surface area contributed by atoms with Crippen LogP contribution in [0.5, 0.6) is 0 Å². The maximum Gasteiger partial charge on any atom is 0.306 e. The van der Waals surface area contributed by atoms with Gasteiger partial charge >= 0.3 is 11.9 Å². The summed E-state index contributed by atoms with van der Waals surface area (Å²) < 4.78 is 54.1. The van der Waals surface area contributed by atoms with Gasteiger partial charge in [0.2, 0.25) is 0 Å². The van der Waals surface area contributed by atoms with Crippen LogP contribution in [0.15, 0.2) is 12.2 Å². The van der Waals surface area contributed by atoms with Crippen molar-refractivity contribution in [3.63, 3.8) is 0 Å². The van der Waals surface area contributed by atoms with Crippen molar-refractivity contribution in [2.45, 2.75) is 256 Å². The average Bonchev–Trinajstić information content (AvgIpc) is 3.21. The molecule has 1 saturated heterocycles. The molecule has 60 heavy (non-hydrogen) atoms. The second-order valence-corrected chi connectivity index (χ2v) is 18.6. The van der Waals surface area contributed by atoms with E-state index in [9.17, 15) is 37.9 Å². The number of ether oxygens (including phenoxy) is 4. The maximum atomic E-state index is 12.8. The van der Waals surface area contributed by atoms with E-state index in [1.165, 1.54) is 122 Å². The molecule has 0 saturated carbocycles. The summed E-state index contributed by atoms with van der Waals surface area (Å²) in [6, 6.07) is 0. The minimum atomic E-state index is -4.60. The predicted octanol–water partition coefficient (Wildman–Crippen LogP) is 10.2. The largest absolute Gasteiger partial charge is 0.462 e. The van der Waals surface area contributed by atoms with Gasteiger partial charge in [-0.3, -0.25) is 14.1 Å². The Morgan fingerprint density at radius 1 is 0.550 bits per heavy atom. The summed E-state index contributed by atoms with van der Waals surface area (Å²) in [5.74, 6) is -1.98. The van der Waals surface area contributed by atoms with Crippen molar-refractivity contribution < 1.29 is 56.8 Å². The summed E-state index contributed by atoms with van der Waals surface area (Å²) in [7, 11) is -4.60. The van der Waals surface area contributed by atoms with Gasteiger partial charge < -0.3 is 34.3 Å². The van der Waals surface area contributed by atoms with Gasteiger partial charge in [0, 0.05) is 12.8 Å². The molecular weight excluding hydrogens is 789 g/mol. The molecule has 0 amide bonds. The lowest BCUT2D eigenvalue weighted by Crippen LogP contribution is -2.60. The Bertz CT molecular complexity index is 1170. The molecule has 1 heterocycles. The van der Waals surface area contributed by atoms with Crippen molar-refractivity contribution in [1.29, 1.82) is 0 Å². The van der Waals surface area contributed by atoms with Gasteiger partial charge in [0.15, 0.2) is 12.4 Å². The molecule has 1 fully saturated rings. The molecule has 0 aromatic rings. The number of allylic oxidation sites excluding steroid dienone is 2. The zero-order chi connectivity index (χ0) is 44.1. The summed E-state index contributed by atoms with van der Waals surface area (Å²) in [5, 5.41) is 30.9. The van der Waals surface area contributed by atoms with Crippen molar-refractivity contribution in [3.8, 4) is 0 Å². The van der Waals surface area contributed by atoms with Crippen LogP contribution in [0.3, 0.4) is 0 Å². The number of aliphatic hydroxyl groups is 3. The number of carbonyl (C=O) groups excluding carboxylic acids is 2. The number of rotatable bonds is 41. The Kier molecular flexibility index (Phi) is 35.6. The van der Waals surface area contributed by atoms with E-state index in [-0.39, 0.29) is 19.4 Å². The van der Waals surface area contributed by atoms with Gasteiger partial charge in [0.25, 0.3) is 10.1 Å². The monoisotopic (exact) mass is 877 g/mol. The second kappa shape index (κ2) is 37.9. The van der Waals surface area contributed by atoms with Crippen LogP contribution >= 0.6 is 0 Å². The number of carbonyl (C=O) groups is 2. The fraction of sp³-hybridized carbons (Fsp3) is 0.915. The molecule has 0 aliphatic carbocycles. The molecule has 1 aliphatic rings. The van der Waals surface area contributed by atoms with Crippen LogP contribution in [-0.2, 0) is 38.7 Å². The van der Waals surface area contributed by atoms with E-state index in [1.807, 2.05) is 0 Å². The summed E-state index contributed by atoms with van der Waals surface area (Å²) in [5.41, 5.74) is 0. The lowest BCUT2D eigenvalue weighted by molar-refractivity contribution is -0.297. The van der Waals surface area contributed by atoms with E-state index in [0.29, 0.717) is 12.8 Å². The fourth-order valence-corrected chi connectivity index (χ4v) is 8.23. The SMILES string of the molecule is CCCC/C=C\CCCCCCCC(=O)OC(COC(=O)CCCCCCCCCCCCCCCCCCCCCCC)COC1OC(CS(=O)(=O)O)C(O)C(O)C1O. The quantitative estimate of drug-likeness (QED) is 0.0197. The molecule has 1 rings (SSSR count). The molecule has 6 unspecified atom stereocenters. The summed E-state index contributed by atoms with van der Waals surface area (Å²) >= 11 is 0. The lowest BCUT2D eigenvalue weighted by Gasteiger charge is -2.40. The normalized spacial score (nSPS) is 20.1. The minimum absolute atomic E-state index is 0.157. The van der Waals surface area contributed by atoms with Gasteiger partial charge in [-0.25, -0.2) is 0 Å². The Morgan fingerprint density at radius 3 is 1.43 bits per heavy atom. The molecule has 1 aliphatic heterocycles. The van der Waals surface area contributed by atoms with Crippen LogP contribution in [0, 0.1) is 0 Å². The maximum absolute atomic E-state index is 12.8. The van der Waals surface area contributed by atoms with Gasteiger partial charge in [0.05, 0.1) is 6.61 Å². The third-order valence-corrected chi connectivity index (χ3v) is 12.1. The molecule has 13 heteroatoms. The molecule has 0 bridgehead atoms. The van der Waals surface area contributed by atoms with Gasteiger partial charge in [-0.2, -0.15) is 8.42 Å². The topological polar surface area (TPSA) is 186 Å². The number of esters is 2. The Labute approximate surface area is 365 Å². The number of aliphatic hydroxyl groups excluding tert-OH is 3. The Balaban J connectivity index is 2.34. The van der Waals surface area contributed by atoms with Crippen LogP contribution < -0.4 is 0 Å². The smallest absolute Gasteiger partial charge is 0.306 e. The van der Waals surface area contributed by atoms with Crippen LogP contribution in [0.25, 0.3) is 0 Å². The molecule has 0 radical (unpaired) electrons. The van der Waals surface area contributed by atoms with Crippen LogP contribution in [0.2, 0.25) is 0 Å². The Morgan fingerprint density at radius 2 is 0.967 bits per heavy atom. The van der Waals surface area contributed by atoms with E-state index >= 15 is 0 Å². The molecule has 0 aromatic carbocycles. The van der Waals surface area contributed by atoms with E-state index in [4.69, 9.17) is 18.9 Å². The molecule has 6 atom stereocenters. The third kappa shape index (κ3) is 32.1. The van der Waals surface area contributed by atoms with Gasteiger partial charge in [-0.1, -0.05) is 187 Å². The average molecular weight is 877 g/mol. The van der Waals surface area contributed by atoms with E-state index in [1.54, 1.807) is 0 Å². The molecular formula is C47H88O12S. The first kappa shape index (κ1) is 56.4. The number of hydrogen-bond donors (Lipinski definition) is 4. The molecule has 4 N–H and O–H groups in total. The van der Waals surface area contributed by atoms with Crippen molar-refractivity contribution in [2.75, 3.05) is 19.0 Å². The predicted molar refractivity (Wildman–Crippen MR) is 238 cm³/mol. The number of hydrogen-bond acceptors (Lipinski definition) is 11. The van der Waals surface area contributed by atoms with E-state index < -0.39 is 71.2 Å². The second-order valence-electron chi connectivity index (χ2n) is 17.1. The highest BCUT2D eigenvalue weighted by Gasteiger charge is 2.46. The van der Waals surface area contributed by atoms with Crippen LogP contribution in [0.4, 0.5) is 0 Å². The van der Waals surface area contributed by atoms with Crippen LogP contribution in [-0.4, -0.2) is 96.0 Å². The van der Waals surface area contributed by atoms with E-state index in [0.717, 1.165) is 57.8 Å². The van der Waals surface area contributed by atoms with Crippen molar-refractivity contribution in [3.05, 3.63) is 12.2 Å². The molecule has 354 valence electrons. The van der Waals surface area contributed by atoms with Gasteiger partial charge in [-0.05, 0) is 32.1 Å². The van der Waals surface area contributed by atoms with Crippen molar-refractivity contribution in [2.24, 2.45) is 0 Å². The summed E-state index contributed by atoms with van der Waals surface area (Å²) in [6.07, 6.45) is 31.3. The van der Waals surface area contributed by atoms with Crippen molar-refractivity contribution in [1.82, 2.24) is 0 Å². The summed E-state index contributed by atoms with van der Waals surface area (Å²) in [6.45, 7) is 3.73. The zero-order valence-electron chi connectivity index (χ0n) is 37.8. The highest BCUT2D eigenvalue weighted by molar-refractivity contribution is 7.85. The Hall–Kier alpha value is -1.61. The highest BCUT2D eigenvalue weighted by Crippen LogP contribution is 2.24. The summed E-state index contributed by atoms with van der Waals surface area (Å²) in [4.78, 5) is 25.4. The number of unbranched alkanes of at least 4 members (excludes halogenated alkanes) is 27. The fourth-order valence-electron chi connectivity index (χ4n) is 7.54. The third-order valence-electron chi connectivity index (χ3n) is 11.3. The first-order chi connectivity index (χ1) is 29.0. The first-order valence-corrected chi connectivity index (χ1v) is 25.9. The first-order valence-electron chi connectivity index (χ1n) is 24.2. The minimum Gasteiger partial charge on any atom is -0.462 e. The van der Waals surface area contributed by atoms with Gasteiger partial charge in [0.1, 0.15) is 36.8 Å². The van der Waals surface area contributed by atoms with E-state index in [2.05, 4.69) is 26.0 Å². The van der Waals surface area contributed by atoms with Crippen molar-refractivity contribution >= 4 is 22.1 Å². The molecule has 0 aromatic heterocycles.